The van der Waals surface area contributed by atoms with Crippen LogP contribution in [-0.2, 0) is 6.42 Å². The number of halogens is 2. The minimum atomic E-state index is -0.929. The lowest BCUT2D eigenvalue weighted by atomic mass is 10.1. The van der Waals surface area contributed by atoms with E-state index in [-0.39, 0.29) is 5.75 Å². The normalized spacial score (nSPS) is 10.3. The second kappa shape index (κ2) is 4.91. The van der Waals surface area contributed by atoms with Gasteiger partial charge in [0, 0.05) is 0 Å². The second-order valence-electron chi connectivity index (χ2n) is 2.95. The van der Waals surface area contributed by atoms with Crippen LogP contribution in [0, 0.1) is 11.6 Å². The zero-order valence-corrected chi connectivity index (χ0v) is 8.02. The van der Waals surface area contributed by atoms with Crippen LogP contribution in [0.15, 0.2) is 12.1 Å². The van der Waals surface area contributed by atoms with E-state index in [1.54, 1.807) is 0 Å². The Balaban J connectivity index is 2.98. The van der Waals surface area contributed by atoms with E-state index < -0.39 is 11.6 Å². The average molecular weight is 201 g/mol. The van der Waals surface area contributed by atoms with Crippen LogP contribution in [0.5, 0.6) is 5.75 Å². The maximum absolute atomic E-state index is 13.2. The molecule has 0 aliphatic rings. The van der Waals surface area contributed by atoms with E-state index in [2.05, 4.69) is 0 Å². The molecule has 4 heteroatoms. The van der Waals surface area contributed by atoms with Crippen LogP contribution < -0.4 is 10.5 Å². The fraction of sp³-hybridized carbons (Fsp3) is 0.400. The lowest BCUT2D eigenvalue weighted by Crippen LogP contribution is -2.03. The van der Waals surface area contributed by atoms with Gasteiger partial charge in [-0.1, -0.05) is 6.07 Å². The van der Waals surface area contributed by atoms with Gasteiger partial charge in [0.2, 0.25) is 5.82 Å². The molecule has 0 heterocycles. The average Bonchev–Trinajstić information content (AvgIpc) is 2.20. The molecule has 0 aliphatic carbocycles. The fourth-order valence-corrected chi connectivity index (χ4v) is 1.28. The molecule has 2 N–H and O–H groups in total. The van der Waals surface area contributed by atoms with Crippen LogP contribution in [0.2, 0.25) is 0 Å². The molecule has 0 saturated heterocycles. The van der Waals surface area contributed by atoms with Gasteiger partial charge >= 0.3 is 0 Å². The summed E-state index contributed by atoms with van der Waals surface area (Å²) in [6, 6.07) is 2.62. The SMILES string of the molecule is COc1c(CCCN)ccc(F)c1F. The van der Waals surface area contributed by atoms with E-state index in [1.807, 2.05) is 0 Å². The summed E-state index contributed by atoms with van der Waals surface area (Å²) in [5, 5.41) is 0. The summed E-state index contributed by atoms with van der Waals surface area (Å²) in [5.41, 5.74) is 5.98. The van der Waals surface area contributed by atoms with Gasteiger partial charge in [0.05, 0.1) is 7.11 Å². The number of ether oxygens (including phenoxy) is 1. The van der Waals surface area contributed by atoms with E-state index in [1.165, 1.54) is 13.2 Å². The standard InChI is InChI=1S/C10H13F2NO/c1-14-10-7(3-2-6-13)4-5-8(11)9(10)12/h4-5H,2-3,6,13H2,1H3. The number of aryl methyl sites for hydroxylation is 1. The molecule has 1 aromatic carbocycles. The lowest BCUT2D eigenvalue weighted by Gasteiger charge is -2.09. The van der Waals surface area contributed by atoms with Crippen molar-refractivity contribution >= 4 is 0 Å². The number of methoxy groups -OCH3 is 1. The van der Waals surface area contributed by atoms with E-state index in [0.29, 0.717) is 18.5 Å². The Morgan fingerprint density at radius 1 is 1.36 bits per heavy atom. The van der Waals surface area contributed by atoms with Crippen LogP contribution in [0.1, 0.15) is 12.0 Å². The molecule has 0 spiro atoms. The van der Waals surface area contributed by atoms with Gasteiger partial charge in [-0.05, 0) is 31.0 Å². The molecule has 0 saturated carbocycles. The number of benzene rings is 1. The highest BCUT2D eigenvalue weighted by Gasteiger charge is 2.13. The Hall–Kier alpha value is -1.16. The largest absolute Gasteiger partial charge is 0.493 e. The minimum Gasteiger partial charge on any atom is -0.493 e. The molecule has 14 heavy (non-hydrogen) atoms. The van der Waals surface area contributed by atoms with Crippen molar-refractivity contribution < 1.29 is 13.5 Å². The summed E-state index contributed by atoms with van der Waals surface area (Å²) in [7, 11) is 1.32. The summed E-state index contributed by atoms with van der Waals surface area (Å²) in [6.07, 6.45) is 1.32. The molecule has 0 fully saturated rings. The Bertz CT molecular complexity index is 315. The first-order chi connectivity index (χ1) is 6.70. The maximum Gasteiger partial charge on any atom is 0.200 e. The van der Waals surface area contributed by atoms with Crippen LogP contribution in [-0.4, -0.2) is 13.7 Å². The van der Waals surface area contributed by atoms with Crippen molar-refractivity contribution in [3.63, 3.8) is 0 Å². The Morgan fingerprint density at radius 3 is 2.64 bits per heavy atom. The molecule has 0 aromatic heterocycles. The first-order valence-corrected chi connectivity index (χ1v) is 4.41. The van der Waals surface area contributed by atoms with Gasteiger partial charge in [-0.15, -0.1) is 0 Å². The summed E-state index contributed by atoms with van der Waals surface area (Å²) in [5.74, 6) is -1.83. The summed E-state index contributed by atoms with van der Waals surface area (Å²) < 4.78 is 30.7. The van der Waals surface area contributed by atoms with Crippen LogP contribution in [0.25, 0.3) is 0 Å². The van der Waals surface area contributed by atoms with Crippen LogP contribution >= 0.6 is 0 Å². The van der Waals surface area contributed by atoms with Crippen molar-refractivity contribution in [2.75, 3.05) is 13.7 Å². The Labute approximate surface area is 81.7 Å². The molecular formula is C10H13F2NO. The molecule has 2 nitrogen and oxygen atoms in total. The molecule has 78 valence electrons. The van der Waals surface area contributed by atoms with Gasteiger partial charge < -0.3 is 10.5 Å². The van der Waals surface area contributed by atoms with Crippen LogP contribution in [0.3, 0.4) is 0 Å². The van der Waals surface area contributed by atoms with E-state index in [4.69, 9.17) is 10.5 Å². The van der Waals surface area contributed by atoms with Crippen molar-refractivity contribution in [3.05, 3.63) is 29.3 Å². The number of rotatable bonds is 4. The smallest absolute Gasteiger partial charge is 0.200 e. The van der Waals surface area contributed by atoms with Gasteiger partial charge in [0.25, 0.3) is 0 Å². The zero-order valence-electron chi connectivity index (χ0n) is 8.02. The third-order valence-electron chi connectivity index (χ3n) is 1.99. The maximum atomic E-state index is 13.2. The first kappa shape index (κ1) is 10.9. The van der Waals surface area contributed by atoms with Gasteiger partial charge in [-0.3, -0.25) is 0 Å². The van der Waals surface area contributed by atoms with Gasteiger partial charge in [-0.25, -0.2) is 4.39 Å². The highest BCUT2D eigenvalue weighted by atomic mass is 19.2. The van der Waals surface area contributed by atoms with E-state index >= 15 is 0 Å². The summed E-state index contributed by atoms with van der Waals surface area (Å²) >= 11 is 0. The molecule has 0 bridgehead atoms. The Morgan fingerprint density at radius 2 is 2.07 bits per heavy atom. The number of hydrogen-bond acceptors (Lipinski definition) is 2. The van der Waals surface area contributed by atoms with Crippen molar-refractivity contribution in [1.82, 2.24) is 0 Å². The highest BCUT2D eigenvalue weighted by Crippen LogP contribution is 2.25. The molecule has 0 radical (unpaired) electrons. The number of nitrogens with two attached hydrogens (primary N) is 1. The topological polar surface area (TPSA) is 35.2 Å². The van der Waals surface area contributed by atoms with Crippen molar-refractivity contribution in [1.29, 1.82) is 0 Å². The number of hydrogen-bond donors (Lipinski definition) is 1. The molecule has 1 rings (SSSR count). The summed E-state index contributed by atoms with van der Waals surface area (Å²) in [6.45, 7) is 0.516. The molecule has 0 aliphatic heterocycles. The Kier molecular flexibility index (Phi) is 3.83. The third-order valence-corrected chi connectivity index (χ3v) is 1.99. The lowest BCUT2D eigenvalue weighted by molar-refractivity contribution is 0.366. The van der Waals surface area contributed by atoms with Crippen molar-refractivity contribution in [3.8, 4) is 5.75 Å². The van der Waals surface area contributed by atoms with Gasteiger partial charge in [0.1, 0.15) is 0 Å². The van der Waals surface area contributed by atoms with Gasteiger partial charge in [-0.2, -0.15) is 4.39 Å². The predicted octanol–water partition coefficient (Wildman–Crippen LogP) is 1.86. The second-order valence-corrected chi connectivity index (χ2v) is 2.95. The minimum absolute atomic E-state index is 0.0153. The van der Waals surface area contributed by atoms with E-state index in [9.17, 15) is 8.78 Å². The van der Waals surface area contributed by atoms with E-state index in [0.717, 1.165) is 12.5 Å². The first-order valence-electron chi connectivity index (χ1n) is 4.41. The predicted molar refractivity (Wildman–Crippen MR) is 50.3 cm³/mol. The molecular weight excluding hydrogens is 188 g/mol. The van der Waals surface area contributed by atoms with Gasteiger partial charge in [0.15, 0.2) is 11.6 Å². The monoisotopic (exact) mass is 201 g/mol. The highest BCUT2D eigenvalue weighted by molar-refractivity contribution is 5.35. The third kappa shape index (κ3) is 2.20. The van der Waals surface area contributed by atoms with Crippen molar-refractivity contribution in [2.24, 2.45) is 5.73 Å². The molecule has 0 amide bonds. The molecule has 0 atom stereocenters. The quantitative estimate of drug-likeness (QED) is 0.807. The molecule has 1 aromatic rings. The fourth-order valence-electron chi connectivity index (χ4n) is 1.28. The zero-order chi connectivity index (χ0) is 10.6. The van der Waals surface area contributed by atoms with Crippen LogP contribution in [0.4, 0.5) is 8.78 Å². The molecule has 0 unspecified atom stereocenters. The van der Waals surface area contributed by atoms with Crippen molar-refractivity contribution in [2.45, 2.75) is 12.8 Å². The summed E-state index contributed by atoms with van der Waals surface area (Å²) in [4.78, 5) is 0.